The summed E-state index contributed by atoms with van der Waals surface area (Å²) in [5, 5.41) is 12.9. The quantitative estimate of drug-likeness (QED) is 0.676. The van der Waals surface area contributed by atoms with E-state index >= 15 is 0 Å². The lowest BCUT2D eigenvalue weighted by Crippen LogP contribution is -2.12. The summed E-state index contributed by atoms with van der Waals surface area (Å²) < 4.78 is 9.73. The number of hydrogen-bond donors (Lipinski definition) is 2. The Hall–Kier alpha value is -0.980. The Bertz CT molecular complexity index is 239. The van der Waals surface area contributed by atoms with Crippen LogP contribution >= 0.6 is 0 Å². The van der Waals surface area contributed by atoms with Gasteiger partial charge in [0.15, 0.2) is 5.82 Å². The third-order valence-electron chi connectivity index (χ3n) is 1.68. The predicted molar refractivity (Wildman–Crippen MR) is 43.7 cm³/mol. The molecule has 1 aromatic heterocycles. The molecular formula is C7H13N3O3. The molecule has 13 heavy (non-hydrogen) atoms. The second-order valence-electron chi connectivity index (χ2n) is 2.62. The summed E-state index contributed by atoms with van der Waals surface area (Å²) in [5.74, 6) is 0.534. The molecule has 0 aromatic carbocycles. The Morgan fingerprint density at radius 1 is 1.69 bits per heavy atom. The van der Waals surface area contributed by atoms with Crippen LogP contribution in [0.3, 0.4) is 0 Å². The van der Waals surface area contributed by atoms with Gasteiger partial charge in [0.05, 0.1) is 0 Å². The number of aromatic nitrogens is 2. The summed E-state index contributed by atoms with van der Waals surface area (Å²) in [6, 6.07) is 0. The highest BCUT2D eigenvalue weighted by atomic mass is 16.5. The molecule has 0 saturated heterocycles. The van der Waals surface area contributed by atoms with Crippen LogP contribution in [0.5, 0.6) is 0 Å². The van der Waals surface area contributed by atoms with E-state index in [9.17, 15) is 5.11 Å². The summed E-state index contributed by atoms with van der Waals surface area (Å²) in [6.45, 7) is 1.84. The molecule has 3 N–H and O–H groups in total. The van der Waals surface area contributed by atoms with E-state index in [1.165, 1.54) is 0 Å². The van der Waals surface area contributed by atoms with Crippen molar-refractivity contribution in [3.8, 4) is 0 Å². The smallest absolute Gasteiger partial charge is 0.256 e. The fraction of sp³-hybridized carbons (Fsp3) is 0.714. The van der Waals surface area contributed by atoms with E-state index in [1.807, 2.05) is 0 Å². The van der Waals surface area contributed by atoms with Gasteiger partial charge in [0.2, 0.25) is 0 Å². The first kappa shape index (κ1) is 10.1. The predicted octanol–water partition coefficient (Wildman–Crippen LogP) is -0.231. The van der Waals surface area contributed by atoms with Gasteiger partial charge in [0, 0.05) is 13.7 Å². The molecule has 0 aliphatic heterocycles. The summed E-state index contributed by atoms with van der Waals surface area (Å²) in [7, 11) is 1.54. The summed E-state index contributed by atoms with van der Waals surface area (Å²) in [5.41, 5.74) is 5.21. The van der Waals surface area contributed by atoms with Gasteiger partial charge in [-0.3, -0.25) is 0 Å². The summed E-state index contributed by atoms with van der Waals surface area (Å²) in [4.78, 5) is 3.92. The monoisotopic (exact) mass is 187 g/mol. The van der Waals surface area contributed by atoms with Crippen LogP contribution in [-0.2, 0) is 4.74 Å². The van der Waals surface area contributed by atoms with Crippen molar-refractivity contribution in [3.05, 3.63) is 11.7 Å². The van der Waals surface area contributed by atoms with Gasteiger partial charge in [-0.2, -0.15) is 4.98 Å². The Balaban J connectivity index is 2.74. The van der Waals surface area contributed by atoms with Gasteiger partial charge in [-0.1, -0.05) is 5.16 Å². The lowest BCUT2D eigenvalue weighted by Gasteiger charge is -2.01. The maximum atomic E-state index is 9.24. The third kappa shape index (κ3) is 2.24. The highest BCUT2D eigenvalue weighted by Gasteiger charge is 2.17. The van der Waals surface area contributed by atoms with Crippen LogP contribution in [0, 0.1) is 0 Å². The van der Waals surface area contributed by atoms with E-state index in [-0.39, 0.29) is 18.5 Å². The first-order valence-corrected chi connectivity index (χ1v) is 3.93. The minimum Gasteiger partial charge on any atom is -0.382 e. The van der Waals surface area contributed by atoms with Gasteiger partial charge < -0.3 is 20.1 Å². The molecular weight excluding hydrogens is 174 g/mol. The van der Waals surface area contributed by atoms with Gasteiger partial charge in [0.25, 0.3) is 5.89 Å². The fourth-order valence-electron chi connectivity index (χ4n) is 0.754. The van der Waals surface area contributed by atoms with E-state index in [2.05, 4.69) is 10.1 Å². The maximum absolute atomic E-state index is 9.24. The van der Waals surface area contributed by atoms with Crippen molar-refractivity contribution in [2.75, 3.05) is 13.7 Å². The molecule has 6 heteroatoms. The fourth-order valence-corrected chi connectivity index (χ4v) is 0.754. The van der Waals surface area contributed by atoms with Crippen molar-refractivity contribution < 1.29 is 14.4 Å². The average Bonchev–Trinajstić information content (AvgIpc) is 2.64. The first-order valence-electron chi connectivity index (χ1n) is 3.93. The Kier molecular flexibility index (Phi) is 3.35. The average molecular weight is 187 g/mol. The van der Waals surface area contributed by atoms with Gasteiger partial charge in [-0.15, -0.1) is 0 Å². The van der Waals surface area contributed by atoms with Crippen LogP contribution < -0.4 is 5.73 Å². The van der Waals surface area contributed by atoms with Crippen molar-refractivity contribution >= 4 is 0 Å². The molecule has 0 spiro atoms. The number of hydrogen-bond acceptors (Lipinski definition) is 6. The first-order chi connectivity index (χ1) is 6.19. The van der Waals surface area contributed by atoms with Gasteiger partial charge in [-0.05, 0) is 6.92 Å². The number of aliphatic hydroxyl groups is 1. The Labute approximate surface area is 75.7 Å². The standard InChI is InChI=1S/C7H13N3O3/c1-4(12-2)6-9-7(13-10-6)5(11)3-8/h4-5,11H,3,8H2,1-2H3/t4?,5-/m0/s1. The second-order valence-corrected chi connectivity index (χ2v) is 2.62. The lowest BCUT2D eigenvalue weighted by atomic mass is 10.3. The van der Waals surface area contributed by atoms with Gasteiger partial charge >= 0.3 is 0 Å². The summed E-state index contributed by atoms with van der Waals surface area (Å²) in [6.07, 6.45) is -1.15. The van der Waals surface area contributed by atoms with E-state index in [4.69, 9.17) is 15.0 Å². The Morgan fingerprint density at radius 2 is 2.38 bits per heavy atom. The highest BCUT2D eigenvalue weighted by molar-refractivity contribution is 4.92. The Morgan fingerprint density at radius 3 is 2.92 bits per heavy atom. The number of methoxy groups -OCH3 is 1. The lowest BCUT2D eigenvalue weighted by molar-refractivity contribution is 0.109. The zero-order valence-electron chi connectivity index (χ0n) is 7.60. The molecule has 0 amide bonds. The molecule has 1 unspecified atom stereocenters. The van der Waals surface area contributed by atoms with Crippen molar-refractivity contribution in [3.63, 3.8) is 0 Å². The number of nitrogens with zero attached hydrogens (tertiary/aromatic N) is 2. The number of rotatable bonds is 4. The zero-order valence-corrected chi connectivity index (χ0v) is 7.60. The molecule has 1 heterocycles. The molecule has 6 nitrogen and oxygen atoms in total. The highest BCUT2D eigenvalue weighted by Crippen LogP contribution is 2.14. The second kappa shape index (κ2) is 4.31. The molecule has 0 bridgehead atoms. The van der Waals surface area contributed by atoms with Crippen molar-refractivity contribution in [1.82, 2.24) is 10.1 Å². The topological polar surface area (TPSA) is 94.4 Å². The molecule has 2 atom stereocenters. The largest absolute Gasteiger partial charge is 0.382 e. The summed E-state index contributed by atoms with van der Waals surface area (Å²) >= 11 is 0. The van der Waals surface area contributed by atoms with Crippen molar-refractivity contribution in [2.24, 2.45) is 5.73 Å². The molecule has 1 rings (SSSR count). The van der Waals surface area contributed by atoms with Crippen LogP contribution in [-0.4, -0.2) is 28.9 Å². The van der Waals surface area contributed by atoms with Crippen LogP contribution in [0.1, 0.15) is 30.8 Å². The van der Waals surface area contributed by atoms with Crippen LogP contribution in [0.15, 0.2) is 4.52 Å². The molecule has 0 fully saturated rings. The van der Waals surface area contributed by atoms with E-state index in [0.717, 1.165) is 0 Å². The number of aliphatic hydroxyl groups excluding tert-OH is 1. The normalized spacial score (nSPS) is 15.7. The molecule has 0 saturated carbocycles. The zero-order chi connectivity index (χ0) is 9.84. The number of ether oxygens (including phenoxy) is 1. The molecule has 1 aromatic rings. The van der Waals surface area contributed by atoms with E-state index in [1.54, 1.807) is 14.0 Å². The molecule has 0 aliphatic rings. The minimum atomic E-state index is -0.898. The van der Waals surface area contributed by atoms with Crippen molar-refractivity contribution in [1.29, 1.82) is 0 Å². The van der Waals surface area contributed by atoms with Crippen LogP contribution in [0.2, 0.25) is 0 Å². The van der Waals surface area contributed by atoms with Crippen LogP contribution in [0.4, 0.5) is 0 Å². The minimum absolute atomic E-state index is 0.0585. The van der Waals surface area contributed by atoms with Gasteiger partial charge in [-0.25, -0.2) is 0 Å². The molecule has 0 aliphatic carbocycles. The molecule has 74 valence electrons. The number of nitrogens with two attached hydrogens (primary N) is 1. The van der Waals surface area contributed by atoms with Crippen LogP contribution in [0.25, 0.3) is 0 Å². The maximum Gasteiger partial charge on any atom is 0.256 e. The molecule has 0 radical (unpaired) electrons. The van der Waals surface area contributed by atoms with E-state index in [0.29, 0.717) is 5.82 Å². The van der Waals surface area contributed by atoms with Crippen molar-refractivity contribution in [2.45, 2.75) is 19.1 Å². The SMILES string of the molecule is COC(C)c1noc([C@@H](O)CN)n1. The van der Waals surface area contributed by atoms with E-state index < -0.39 is 6.10 Å². The third-order valence-corrected chi connectivity index (χ3v) is 1.68. The van der Waals surface area contributed by atoms with Gasteiger partial charge in [0.1, 0.15) is 12.2 Å².